The van der Waals surface area contributed by atoms with E-state index < -0.39 is 37.8 Å². The van der Waals surface area contributed by atoms with Crippen LogP contribution in [0.25, 0.3) is 0 Å². The summed E-state index contributed by atoms with van der Waals surface area (Å²) < 4.78 is 86.2. The van der Waals surface area contributed by atoms with Crippen LogP contribution in [0.4, 0.5) is 26.3 Å². The minimum atomic E-state index is -4.28. The average Bonchev–Trinajstić information content (AvgIpc) is 3.00. The van der Waals surface area contributed by atoms with Crippen molar-refractivity contribution in [2.24, 2.45) is 5.10 Å². The van der Waals surface area contributed by atoms with Crippen molar-refractivity contribution >= 4 is 18.4 Å². The fraction of sp³-hybridized carbons (Fsp3) is 0.400. The van der Waals surface area contributed by atoms with Crippen molar-refractivity contribution < 1.29 is 35.8 Å². The maximum atomic E-state index is 12.9. The zero-order chi connectivity index (χ0) is 20.9. The number of hydrogen-bond acceptors (Lipinski definition) is 5. The number of aromatic nitrogens is 3. The monoisotopic (exact) mass is 428 g/mol. The van der Waals surface area contributed by atoms with E-state index >= 15 is 0 Å². The van der Waals surface area contributed by atoms with Crippen molar-refractivity contribution in [3.8, 4) is 5.75 Å². The molecule has 1 heterocycles. The molecular formula is C15H14F6N4O2S. The molecule has 1 N–H and O–H groups in total. The molecule has 28 heavy (non-hydrogen) atoms. The van der Waals surface area contributed by atoms with Gasteiger partial charge in [0.1, 0.15) is 12.4 Å². The first-order chi connectivity index (χ1) is 13.2. The van der Waals surface area contributed by atoms with Crippen molar-refractivity contribution in [1.82, 2.24) is 14.9 Å². The lowest BCUT2D eigenvalue weighted by Crippen LogP contribution is -2.32. The van der Waals surface area contributed by atoms with Crippen LogP contribution in [0.1, 0.15) is 23.4 Å². The van der Waals surface area contributed by atoms with E-state index in [0.717, 1.165) is 4.68 Å². The number of nitrogens with one attached hydrogen (secondary N) is 1. The van der Waals surface area contributed by atoms with E-state index in [2.05, 4.69) is 20.0 Å². The minimum absolute atomic E-state index is 0.155. The van der Waals surface area contributed by atoms with Crippen LogP contribution in [0.5, 0.6) is 5.75 Å². The van der Waals surface area contributed by atoms with Gasteiger partial charge in [-0.05, 0) is 36.0 Å². The summed E-state index contributed by atoms with van der Waals surface area (Å²) in [4.78, 5) is 0. The Labute approximate surface area is 159 Å². The van der Waals surface area contributed by atoms with Gasteiger partial charge in [0.05, 0.1) is 19.9 Å². The Morgan fingerprint density at radius 1 is 1.32 bits per heavy atom. The van der Waals surface area contributed by atoms with Gasteiger partial charge in [-0.25, -0.2) is 22.7 Å². The molecule has 0 aliphatic carbocycles. The molecule has 0 bridgehead atoms. The molecule has 0 spiro atoms. The van der Waals surface area contributed by atoms with Gasteiger partial charge in [0, 0.05) is 5.56 Å². The zero-order valence-electron chi connectivity index (χ0n) is 14.2. The predicted molar refractivity (Wildman–Crippen MR) is 89.0 cm³/mol. The average molecular weight is 428 g/mol. The van der Waals surface area contributed by atoms with Crippen LogP contribution < -0.4 is 4.74 Å². The molecule has 2 aromatic rings. The highest BCUT2D eigenvalue weighted by atomic mass is 32.1. The number of H-pyrrole nitrogens is 1. The first kappa shape index (κ1) is 21.9. The fourth-order valence-corrected chi connectivity index (χ4v) is 2.22. The van der Waals surface area contributed by atoms with E-state index in [1.54, 1.807) is 0 Å². The van der Waals surface area contributed by atoms with Crippen molar-refractivity contribution in [3.63, 3.8) is 0 Å². The van der Waals surface area contributed by atoms with Gasteiger partial charge < -0.3 is 9.47 Å². The molecule has 0 amide bonds. The SMILES string of the molecule is COc1ccc(/C=N\n2c(C(F)F)n[nH]c2=S)cc1COCC(F)(F)C(F)F. The van der Waals surface area contributed by atoms with Crippen LogP contribution in [-0.4, -0.2) is 47.2 Å². The van der Waals surface area contributed by atoms with E-state index in [1.165, 1.54) is 31.5 Å². The Hall–Kier alpha value is -2.41. The summed E-state index contributed by atoms with van der Waals surface area (Å²) in [5, 5.41) is 9.35. The molecule has 13 heteroatoms. The smallest absolute Gasteiger partial charge is 0.330 e. The number of methoxy groups -OCH3 is 1. The second-order valence-electron chi connectivity index (χ2n) is 5.37. The number of nitrogens with zero attached hydrogens (tertiary/aromatic N) is 3. The molecule has 1 aromatic carbocycles. The molecule has 0 radical (unpaired) electrons. The number of aromatic amines is 1. The molecular weight excluding hydrogens is 414 g/mol. The molecule has 0 aliphatic rings. The van der Waals surface area contributed by atoms with Gasteiger partial charge in [0.2, 0.25) is 10.6 Å². The number of hydrogen-bond donors (Lipinski definition) is 1. The van der Waals surface area contributed by atoms with Gasteiger partial charge in [0.15, 0.2) is 0 Å². The van der Waals surface area contributed by atoms with Crippen molar-refractivity contribution in [1.29, 1.82) is 0 Å². The summed E-state index contributed by atoms with van der Waals surface area (Å²) in [6.07, 6.45) is -5.59. The van der Waals surface area contributed by atoms with E-state index in [0.29, 0.717) is 5.56 Å². The zero-order valence-corrected chi connectivity index (χ0v) is 15.0. The number of ether oxygens (including phenoxy) is 2. The third kappa shape index (κ3) is 5.32. The van der Waals surface area contributed by atoms with E-state index in [9.17, 15) is 26.3 Å². The Kier molecular flexibility index (Phi) is 7.18. The molecule has 0 saturated heterocycles. The largest absolute Gasteiger partial charge is 0.496 e. The van der Waals surface area contributed by atoms with Crippen molar-refractivity contribution in [2.75, 3.05) is 13.7 Å². The molecule has 0 aliphatic heterocycles. The highest BCUT2D eigenvalue weighted by molar-refractivity contribution is 7.71. The summed E-state index contributed by atoms with van der Waals surface area (Å²) in [7, 11) is 1.32. The second kappa shape index (κ2) is 9.19. The molecule has 1 aromatic heterocycles. The maximum absolute atomic E-state index is 12.9. The van der Waals surface area contributed by atoms with Crippen LogP contribution in [0.2, 0.25) is 0 Å². The van der Waals surface area contributed by atoms with Crippen molar-refractivity contribution in [2.45, 2.75) is 25.4 Å². The van der Waals surface area contributed by atoms with E-state index in [-0.39, 0.29) is 16.1 Å². The molecule has 0 saturated carbocycles. The van der Waals surface area contributed by atoms with Crippen LogP contribution in [0, 0.1) is 4.77 Å². The van der Waals surface area contributed by atoms with Gasteiger partial charge in [-0.1, -0.05) is 0 Å². The molecule has 0 fully saturated rings. The lowest BCUT2D eigenvalue weighted by molar-refractivity contribution is -0.168. The highest BCUT2D eigenvalue weighted by Crippen LogP contribution is 2.25. The third-order valence-electron chi connectivity index (χ3n) is 3.37. The van der Waals surface area contributed by atoms with Gasteiger partial charge in [-0.2, -0.15) is 23.7 Å². The Bertz CT molecular complexity index is 884. The molecule has 2 rings (SSSR count). The molecule has 0 atom stereocenters. The number of benzene rings is 1. The summed E-state index contributed by atoms with van der Waals surface area (Å²) in [5.41, 5.74) is 0.629. The van der Waals surface area contributed by atoms with Crippen molar-refractivity contribution in [3.05, 3.63) is 39.9 Å². The normalized spacial score (nSPS) is 12.5. The van der Waals surface area contributed by atoms with Gasteiger partial charge >= 0.3 is 12.3 Å². The van der Waals surface area contributed by atoms with Crippen LogP contribution in [0.15, 0.2) is 23.3 Å². The van der Waals surface area contributed by atoms with Gasteiger partial charge in [-0.3, -0.25) is 0 Å². The first-order valence-corrected chi connectivity index (χ1v) is 7.97. The van der Waals surface area contributed by atoms with E-state index in [1.807, 2.05) is 0 Å². The Balaban J connectivity index is 2.18. The first-order valence-electron chi connectivity index (χ1n) is 7.56. The topological polar surface area (TPSA) is 64.4 Å². The summed E-state index contributed by atoms with van der Waals surface area (Å²) in [6, 6.07) is 4.37. The number of halogens is 6. The second-order valence-corrected chi connectivity index (χ2v) is 5.76. The van der Waals surface area contributed by atoms with E-state index in [4.69, 9.17) is 17.0 Å². The fourth-order valence-electron chi connectivity index (χ4n) is 2.03. The number of rotatable bonds is 9. The molecule has 154 valence electrons. The number of alkyl halides is 6. The van der Waals surface area contributed by atoms with Crippen LogP contribution >= 0.6 is 12.2 Å². The Morgan fingerprint density at radius 2 is 2.04 bits per heavy atom. The minimum Gasteiger partial charge on any atom is -0.496 e. The quantitative estimate of drug-likeness (QED) is 0.370. The van der Waals surface area contributed by atoms with Crippen LogP contribution in [-0.2, 0) is 11.3 Å². The van der Waals surface area contributed by atoms with Crippen LogP contribution in [0.3, 0.4) is 0 Å². The lowest BCUT2D eigenvalue weighted by Gasteiger charge is -2.16. The summed E-state index contributed by atoms with van der Waals surface area (Å²) in [6.45, 7) is -1.92. The third-order valence-corrected chi connectivity index (χ3v) is 3.63. The highest BCUT2D eigenvalue weighted by Gasteiger charge is 2.41. The van der Waals surface area contributed by atoms with Gasteiger partial charge in [0.25, 0.3) is 6.43 Å². The predicted octanol–water partition coefficient (Wildman–Crippen LogP) is 4.19. The van der Waals surface area contributed by atoms with Gasteiger partial charge in [-0.15, -0.1) is 0 Å². The lowest BCUT2D eigenvalue weighted by atomic mass is 10.1. The maximum Gasteiger partial charge on any atom is 0.330 e. The standard InChI is InChI=1S/C15H14F6N4O2S/c1-26-10-3-2-8(4-9(10)6-27-7-15(20,21)13(18)19)5-22-25-12(11(16)17)23-24-14(25)28/h2-5,11,13H,6-7H2,1H3,(H,24,28)/b22-5-. The molecule has 6 nitrogen and oxygen atoms in total. The Morgan fingerprint density at radius 3 is 2.64 bits per heavy atom. The molecule has 0 unspecified atom stereocenters. The summed E-state index contributed by atoms with van der Waals surface area (Å²) >= 11 is 4.81. The summed E-state index contributed by atoms with van der Waals surface area (Å²) in [5.74, 6) is -4.71.